The van der Waals surface area contributed by atoms with Gasteiger partial charge in [-0.2, -0.15) is 0 Å². The van der Waals surface area contributed by atoms with Crippen LogP contribution in [0.5, 0.6) is 0 Å². The van der Waals surface area contributed by atoms with Crippen LogP contribution < -0.4 is 16.0 Å². The normalized spacial score (nSPS) is 13.0. The second-order valence-electron chi connectivity index (χ2n) is 15.4. The van der Waals surface area contributed by atoms with Gasteiger partial charge in [0.2, 0.25) is 18.2 Å². The molecule has 0 saturated carbocycles. The third-order valence-electron chi connectivity index (χ3n) is 8.61. The maximum Gasteiger partial charge on any atom is 0.236 e. The Balaban J connectivity index is -0.000000366. The summed E-state index contributed by atoms with van der Waals surface area (Å²) in [5.41, 5.74) is 0. The SMILES string of the molecule is CN(C)CC(=O)N(C)CC=O.CN(C)CC(=O)NCCOCCOCCOCCOCCOCCOCCN(CC(O)C(O)C(O)CCO)CC(O)C(O)C(O)CCO.CNC=O.CNCCC=O.CO.SS. The first-order valence-corrected chi connectivity index (χ1v) is 25.1. The molecular formula is C44H97N7O20S2. The lowest BCUT2D eigenvalue weighted by Crippen LogP contribution is -2.50. The number of ether oxygens (including phenoxy) is 6. The lowest BCUT2D eigenvalue weighted by atomic mass is 10.0. The van der Waals surface area contributed by atoms with Gasteiger partial charge in [-0.1, -0.05) is 0 Å². The largest absolute Gasteiger partial charge is 0.400 e. The molecule has 0 aromatic rings. The molecule has 0 aromatic carbocycles. The molecule has 0 rings (SSSR count). The summed E-state index contributed by atoms with van der Waals surface area (Å²) in [7, 11) is 13.3. The third-order valence-corrected chi connectivity index (χ3v) is 8.61. The Morgan fingerprint density at radius 3 is 1.23 bits per heavy atom. The highest BCUT2D eigenvalue weighted by molar-refractivity contribution is 8.59. The van der Waals surface area contributed by atoms with E-state index in [2.05, 4.69) is 39.3 Å². The molecule has 73 heavy (non-hydrogen) atoms. The average molecular weight is 1110 g/mol. The van der Waals surface area contributed by atoms with E-state index >= 15 is 0 Å². The van der Waals surface area contributed by atoms with Gasteiger partial charge in [-0.05, 0) is 48.1 Å². The van der Waals surface area contributed by atoms with E-state index in [9.17, 15) is 49.8 Å². The standard InChI is InChI=1S/C30H63N3O15.C7H14N2O2.C4H9NO.C2H5NO.CH4O.H2S2/c1-32(2)23-28(40)31-5-9-43-11-13-45-15-17-47-19-20-48-18-16-46-14-12-44-10-6-33(21-26(38)29(41)24(36)3-7-34)22-27(39)30(42)25(37)4-8-35;1-8(2)6-7(11)9(3)4-5-10;1-5-3-2-4-6;1-3-2-4;2*1-2/h24-27,29-30,34-39,41-42H,3-23H2,1-2H3,(H,31,40);5H,4,6H2,1-3H3;4-5H,2-3H2,1H3;2H,1H3,(H,3,4);2H,1H3;1-2H. The molecule has 0 radical (unpaired) electrons. The van der Waals surface area contributed by atoms with Gasteiger partial charge in [0.05, 0.1) is 123 Å². The number of nitrogens with zero attached hydrogens (tertiary/aromatic N) is 4. The molecule has 440 valence electrons. The van der Waals surface area contributed by atoms with Crippen molar-refractivity contribution in [2.45, 2.75) is 55.9 Å². The summed E-state index contributed by atoms with van der Waals surface area (Å²) in [4.78, 5) is 57.6. The summed E-state index contributed by atoms with van der Waals surface area (Å²) in [5, 5.41) is 93.5. The molecular weight excluding hydrogens is 1010 g/mol. The number of hydrogen-bond donors (Lipinski definition) is 14. The lowest BCUT2D eigenvalue weighted by Gasteiger charge is -2.32. The van der Waals surface area contributed by atoms with E-state index in [1.165, 1.54) is 9.80 Å². The van der Waals surface area contributed by atoms with Gasteiger partial charge in [-0.25, -0.2) is 0 Å². The van der Waals surface area contributed by atoms with Crippen LogP contribution in [-0.2, 0) is 52.4 Å². The van der Waals surface area contributed by atoms with E-state index in [0.29, 0.717) is 98.2 Å². The van der Waals surface area contributed by atoms with Gasteiger partial charge in [-0.15, -0.1) is 23.3 Å². The fourth-order valence-electron chi connectivity index (χ4n) is 4.93. The van der Waals surface area contributed by atoms with E-state index < -0.39 is 36.6 Å². The second-order valence-corrected chi connectivity index (χ2v) is 15.4. The number of aliphatic hydroxyl groups excluding tert-OH is 9. The first-order valence-electron chi connectivity index (χ1n) is 23.5. The maximum atomic E-state index is 11.5. The van der Waals surface area contributed by atoms with Gasteiger partial charge in [0.15, 0.2) is 0 Å². The fraction of sp³-hybridized carbons (Fsp3) is 0.886. The quantitative estimate of drug-likeness (QED) is 0.0117. The van der Waals surface area contributed by atoms with Crippen LogP contribution in [0.25, 0.3) is 0 Å². The molecule has 0 heterocycles. The van der Waals surface area contributed by atoms with E-state index in [4.69, 9.17) is 48.5 Å². The molecule has 0 aromatic heterocycles. The average Bonchev–Trinajstić information content (AvgIpc) is 3.36. The monoisotopic (exact) mass is 1110 g/mol. The molecule has 27 nitrogen and oxygen atoms in total. The summed E-state index contributed by atoms with van der Waals surface area (Å²) >= 11 is 6.44. The van der Waals surface area contributed by atoms with Gasteiger partial charge in [0.25, 0.3) is 0 Å². The number of aldehydes is 2. The Hall–Kier alpha value is -2.31. The van der Waals surface area contributed by atoms with Crippen molar-refractivity contribution in [1.82, 2.24) is 35.6 Å². The predicted molar refractivity (Wildman–Crippen MR) is 280 cm³/mol. The van der Waals surface area contributed by atoms with Crippen LogP contribution in [0, 0.1) is 0 Å². The minimum atomic E-state index is -1.55. The molecule has 6 unspecified atom stereocenters. The summed E-state index contributed by atoms with van der Waals surface area (Å²) < 4.78 is 32.7. The maximum absolute atomic E-state index is 11.5. The number of rotatable bonds is 43. The van der Waals surface area contributed by atoms with Crippen LogP contribution in [0.15, 0.2) is 0 Å². The van der Waals surface area contributed by atoms with E-state index in [1.54, 1.807) is 23.9 Å². The van der Waals surface area contributed by atoms with Crippen molar-refractivity contribution in [2.24, 2.45) is 0 Å². The zero-order valence-electron chi connectivity index (χ0n) is 44.6. The molecule has 0 aliphatic heterocycles. The van der Waals surface area contributed by atoms with Crippen molar-refractivity contribution >= 4 is 54.1 Å². The Bertz CT molecular complexity index is 1150. The molecule has 0 bridgehead atoms. The topological polar surface area (TPSA) is 372 Å². The number of likely N-dealkylation sites (N-methyl/N-ethyl adjacent to an activating group) is 3. The summed E-state index contributed by atoms with van der Waals surface area (Å²) in [6.07, 6.45) is -6.10. The van der Waals surface area contributed by atoms with Crippen LogP contribution in [0.4, 0.5) is 0 Å². The molecule has 0 aliphatic carbocycles. The molecule has 29 heteroatoms. The van der Waals surface area contributed by atoms with Crippen LogP contribution >= 0.6 is 23.3 Å². The molecule has 12 N–H and O–H groups in total. The molecule has 3 amide bonds. The van der Waals surface area contributed by atoms with Gasteiger partial charge >= 0.3 is 0 Å². The van der Waals surface area contributed by atoms with Crippen LogP contribution in [0.2, 0.25) is 0 Å². The molecule has 0 aliphatic rings. The Kier molecular flexibility index (Phi) is 74.0. The van der Waals surface area contributed by atoms with Gasteiger partial charge in [-0.3, -0.25) is 19.3 Å². The smallest absolute Gasteiger partial charge is 0.236 e. The van der Waals surface area contributed by atoms with Crippen LogP contribution in [0.3, 0.4) is 0 Å². The zero-order chi connectivity index (χ0) is 57.1. The van der Waals surface area contributed by atoms with Crippen molar-refractivity contribution in [1.29, 1.82) is 0 Å². The number of hydrogen-bond acceptors (Lipinski definition) is 26. The van der Waals surface area contributed by atoms with Gasteiger partial charge < -0.3 is 115 Å². The zero-order valence-corrected chi connectivity index (χ0v) is 46.4. The highest BCUT2D eigenvalue weighted by atomic mass is 33.1. The van der Waals surface area contributed by atoms with Crippen molar-refractivity contribution in [3.05, 3.63) is 0 Å². The number of aliphatic hydroxyl groups is 9. The number of amides is 3. The predicted octanol–water partition coefficient (Wildman–Crippen LogP) is -6.27. The Morgan fingerprint density at radius 1 is 0.562 bits per heavy atom. The second kappa shape index (κ2) is 65.8. The van der Waals surface area contributed by atoms with Gasteiger partial charge in [0.1, 0.15) is 24.8 Å². The molecule has 0 fully saturated rings. The highest BCUT2D eigenvalue weighted by Crippen LogP contribution is 2.10. The molecule has 0 spiro atoms. The number of nitrogens with one attached hydrogen (secondary N) is 3. The summed E-state index contributed by atoms with van der Waals surface area (Å²) in [5.74, 6) is -0.0849. The number of carbonyl (C=O) groups is 5. The number of carbonyl (C=O) groups excluding carboxylic acids is 5. The molecule has 0 saturated heterocycles. The van der Waals surface area contributed by atoms with Crippen molar-refractivity contribution in [2.75, 3.05) is 201 Å². The minimum absolute atomic E-state index is 0.0397. The summed E-state index contributed by atoms with van der Waals surface area (Å²) in [6, 6.07) is 0. The third kappa shape index (κ3) is 63.9. The summed E-state index contributed by atoms with van der Waals surface area (Å²) in [6.45, 7) is 5.45. The van der Waals surface area contributed by atoms with Gasteiger partial charge in [0, 0.05) is 73.6 Å². The fourth-order valence-corrected chi connectivity index (χ4v) is 4.93. The van der Waals surface area contributed by atoms with Crippen molar-refractivity contribution < 1.29 is 98.4 Å². The van der Waals surface area contributed by atoms with E-state index in [-0.39, 0.29) is 83.9 Å². The van der Waals surface area contributed by atoms with E-state index in [0.717, 1.165) is 19.9 Å². The Labute approximate surface area is 443 Å². The lowest BCUT2D eigenvalue weighted by molar-refractivity contribution is -0.132. The van der Waals surface area contributed by atoms with Crippen molar-refractivity contribution in [3.63, 3.8) is 0 Å². The van der Waals surface area contributed by atoms with Crippen LogP contribution in [0.1, 0.15) is 19.3 Å². The first kappa shape index (κ1) is 82.0. The minimum Gasteiger partial charge on any atom is -0.400 e. The first-order chi connectivity index (χ1) is 34.9. The molecule has 6 atom stereocenters. The number of thiol groups is 2. The highest BCUT2D eigenvalue weighted by Gasteiger charge is 2.30. The van der Waals surface area contributed by atoms with E-state index in [1.807, 2.05) is 35.2 Å². The Morgan fingerprint density at radius 2 is 0.932 bits per heavy atom. The van der Waals surface area contributed by atoms with Crippen molar-refractivity contribution in [3.8, 4) is 0 Å². The van der Waals surface area contributed by atoms with Crippen LogP contribution in [-0.4, -0.2) is 334 Å².